The molecule has 0 saturated carbocycles. The van der Waals surface area contributed by atoms with E-state index in [0.29, 0.717) is 12.4 Å². The molecule has 1 unspecified atom stereocenters. The fourth-order valence-electron chi connectivity index (χ4n) is 2.66. The van der Waals surface area contributed by atoms with Crippen LogP contribution in [0.15, 0.2) is 36.7 Å². The molecular weight excluding hydrogens is 264 g/mol. The summed E-state index contributed by atoms with van der Waals surface area (Å²) in [6.45, 7) is 3.64. The molecule has 1 atom stereocenters. The third-order valence-corrected chi connectivity index (χ3v) is 3.70. The van der Waals surface area contributed by atoms with Gasteiger partial charge in [0, 0.05) is 29.6 Å². The van der Waals surface area contributed by atoms with Crippen LogP contribution >= 0.6 is 0 Å². The van der Waals surface area contributed by atoms with Crippen LogP contribution < -0.4 is 10.1 Å². The van der Waals surface area contributed by atoms with Crippen LogP contribution in [0.5, 0.6) is 5.75 Å². The Bertz CT molecular complexity index is 628. The Kier molecular flexibility index (Phi) is 4.06. The largest absolute Gasteiger partial charge is 0.492 e. The van der Waals surface area contributed by atoms with E-state index >= 15 is 0 Å². The van der Waals surface area contributed by atoms with Crippen molar-refractivity contribution in [1.82, 2.24) is 4.98 Å². The maximum atomic E-state index is 10.7. The van der Waals surface area contributed by atoms with Crippen LogP contribution in [0.25, 0.3) is 0 Å². The summed E-state index contributed by atoms with van der Waals surface area (Å²) in [6.07, 6.45) is 4.64. The molecule has 0 spiro atoms. The summed E-state index contributed by atoms with van der Waals surface area (Å²) in [5, 5.41) is 14.0. The smallest absolute Gasteiger partial charge is 0.137 e. The van der Waals surface area contributed by atoms with E-state index in [-0.39, 0.29) is 0 Å². The van der Waals surface area contributed by atoms with Crippen molar-refractivity contribution in [1.29, 1.82) is 0 Å². The lowest BCUT2D eigenvalue weighted by Crippen LogP contribution is -2.05. The molecular formula is C17H20N2O2. The summed E-state index contributed by atoms with van der Waals surface area (Å²) < 4.78 is 5.59. The monoisotopic (exact) mass is 284 g/mol. The lowest BCUT2D eigenvalue weighted by molar-refractivity contribution is 0.219. The first kappa shape index (κ1) is 13.9. The maximum absolute atomic E-state index is 10.7. The molecule has 1 aliphatic heterocycles. The first-order valence-corrected chi connectivity index (χ1v) is 7.41. The Morgan fingerprint density at radius 2 is 2.29 bits per heavy atom. The molecule has 0 aliphatic carbocycles. The number of nitrogens with one attached hydrogen (secondary N) is 1. The zero-order valence-electron chi connectivity index (χ0n) is 12.2. The van der Waals surface area contributed by atoms with Crippen molar-refractivity contribution in [2.75, 3.05) is 18.5 Å². The predicted octanol–water partition coefficient (Wildman–Crippen LogP) is 2.92. The fraction of sp³-hybridized carbons (Fsp3) is 0.353. The van der Waals surface area contributed by atoms with Gasteiger partial charge in [-0.05, 0) is 24.5 Å². The number of aliphatic hydroxyl groups excluding tert-OH is 1. The molecule has 2 heterocycles. The number of hydrogen-bond acceptors (Lipinski definition) is 4. The van der Waals surface area contributed by atoms with Gasteiger partial charge in [-0.3, -0.25) is 4.98 Å². The summed E-state index contributed by atoms with van der Waals surface area (Å²) in [5.74, 6) is 0.703. The zero-order valence-corrected chi connectivity index (χ0v) is 12.2. The molecule has 1 aliphatic rings. The first-order valence-electron chi connectivity index (χ1n) is 7.41. The highest BCUT2D eigenvalue weighted by Gasteiger charge is 2.20. The molecule has 0 saturated heterocycles. The van der Waals surface area contributed by atoms with Crippen LogP contribution in [0, 0.1) is 0 Å². The van der Waals surface area contributed by atoms with Crippen LogP contribution in [0.1, 0.15) is 36.1 Å². The topological polar surface area (TPSA) is 54.4 Å². The third kappa shape index (κ3) is 2.85. The molecule has 0 fully saturated rings. The second-order valence-electron chi connectivity index (χ2n) is 5.26. The van der Waals surface area contributed by atoms with Crippen molar-refractivity contribution in [2.24, 2.45) is 0 Å². The van der Waals surface area contributed by atoms with Gasteiger partial charge in [-0.1, -0.05) is 25.1 Å². The van der Waals surface area contributed by atoms with E-state index in [2.05, 4.69) is 23.3 Å². The maximum Gasteiger partial charge on any atom is 0.137 e. The summed E-state index contributed by atoms with van der Waals surface area (Å²) in [7, 11) is 0. The number of pyridine rings is 1. The molecule has 1 aromatic heterocycles. The number of nitrogens with zero attached hydrogens (tertiary/aromatic N) is 1. The number of anilines is 1. The van der Waals surface area contributed by atoms with E-state index in [4.69, 9.17) is 4.74 Å². The predicted molar refractivity (Wildman–Crippen MR) is 82.7 cm³/mol. The summed E-state index contributed by atoms with van der Waals surface area (Å²) in [5.41, 5.74) is 3.98. The van der Waals surface area contributed by atoms with Crippen molar-refractivity contribution in [2.45, 2.75) is 25.9 Å². The van der Waals surface area contributed by atoms with Gasteiger partial charge in [0.1, 0.15) is 11.9 Å². The van der Waals surface area contributed by atoms with Crippen LogP contribution in [0.2, 0.25) is 0 Å². The van der Waals surface area contributed by atoms with Crippen LogP contribution in [-0.4, -0.2) is 23.2 Å². The van der Waals surface area contributed by atoms with Crippen molar-refractivity contribution in [3.05, 3.63) is 53.3 Å². The van der Waals surface area contributed by atoms with Crippen molar-refractivity contribution in [3.8, 4) is 5.75 Å². The number of rotatable bonds is 5. The van der Waals surface area contributed by atoms with Gasteiger partial charge in [-0.25, -0.2) is 0 Å². The molecule has 4 nitrogen and oxygen atoms in total. The lowest BCUT2D eigenvalue weighted by atomic mass is 9.99. The Hall–Kier alpha value is -2.07. The van der Waals surface area contributed by atoms with Gasteiger partial charge in [0.15, 0.2) is 0 Å². The molecule has 21 heavy (non-hydrogen) atoms. The Labute approximate surface area is 124 Å². The van der Waals surface area contributed by atoms with Crippen molar-refractivity contribution < 1.29 is 9.84 Å². The van der Waals surface area contributed by atoms with Crippen LogP contribution in [0.3, 0.4) is 0 Å². The molecule has 0 bridgehead atoms. The van der Waals surface area contributed by atoms with E-state index in [1.807, 2.05) is 18.2 Å². The van der Waals surface area contributed by atoms with Gasteiger partial charge < -0.3 is 15.2 Å². The first-order chi connectivity index (χ1) is 10.3. The minimum Gasteiger partial charge on any atom is -0.492 e. The molecule has 0 radical (unpaired) electrons. The highest BCUT2D eigenvalue weighted by Crippen LogP contribution is 2.34. The van der Waals surface area contributed by atoms with Gasteiger partial charge in [0.2, 0.25) is 0 Å². The van der Waals surface area contributed by atoms with Crippen LogP contribution in [-0.2, 0) is 6.42 Å². The van der Waals surface area contributed by atoms with Gasteiger partial charge in [0.05, 0.1) is 12.8 Å². The van der Waals surface area contributed by atoms with E-state index in [1.54, 1.807) is 12.4 Å². The van der Waals surface area contributed by atoms with E-state index in [0.717, 1.165) is 36.2 Å². The Morgan fingerprint density at radius 1 is 1.38 bits per heavy atom. The normalized spacial score (nSPS) is 14.4. The van der Waals surface area contributed by atoms with Crippen LogP contribution in [0.4, 0.5) is 5.69 Å². The van der Waals surface area contributed by atoms with Crippen molar-refractivity contribution in [3.63, 3.8) is 0 Å². The number of hydrogen-bond donors (Lipinski definition) is 2. The molecule has 3 rings (SSSR count). The fourth-order valence-corrected chi connectivity index (χ4v) is 2.66. The van der Waals surface area contributed by atoms with Gasteiger partial charge in [-0.15, -0.1) is 0 Å². The molecule has 2 aromatic rings. The van der Waals surface area contributed by atoms with Gasteiger partial charge in [0.25, 0.3) is 0 Å². The lowest BCUT2D eigenvalue weighted by Gasteiger charge is -2.16. The molecule has 4 heteroatoms. The number of ether oxygens (including phenoxy) is 1. The minimum absolute atomic E-state index is 0.656. The van der Waals surface area contributed by atoms with Gasteiger partial charge >= 0.3 is 0 Å². The number of benzene rings is 1. The third-order valence-electron chi connectivity index (χ3n) is 3.70. The Morgan fingerprint density at radius 3 is 3.14 bits per heavy atom. The zero-order chi connectivity index (χ0) is 14.7. The minimum atomic E-state index is -0.691. The second kappa shape index (κ2) is 6.14. The number of para-hydroxylation sites is 1. The average Bonchev–Trinajstić information content (AvgIpc) is 3.01. The SMILES string of the molecule is CCCOc1cncc(C(O)c2cccc3c2NCC3)c1. The highest BCUT2D eigenvalue weighted by molar-refractivity contribution is 5.63. The quantitative estimate of drug-likeness (QED) is 0.886. The standard InChI is InChI=1S/C17H20N2O2/c1-2-8-21-14-9-13(10-18-11-14)17(20)15-5-3-4-12-6-7-19-16(12)15/h3-5,9-11,17,19-20H,2,6-8H2,1H3. The summed E-state index contributed by atoms with van der Waals surface area (Å²) >= 11 is 0. The summed E-state index contributed by atoms with van der Waals surface area (Å²) in [4.78, 5) is 4.17. The number of aliphatic hydroxyl groups is 1. The highest BCUT2D eigenvalue weighted by atomic mass is 16.5. The van der Waals surface area contributed by atoms with E-state index in [9.17, 15) is 5.11 Å². The van der Waals surface area contributed by atoms with E-state index in [1.165, 1.54) is 5.56 Å². The van der Waals surface area contributed by atoms with Gasteiger partial charge in [-0.2, -0.15) is 0 Å². The second-order valence-corrected chi connectivity index (χ2v) is 5.26. The molecule has 0 amide bonds. The molecule has 110 valence electrons. The Balaban J connectivity index is 1.88. The molecule has 2 N–H and O–H groups in total. The molecule has 1 aromatic carbocycles. The number of fused-ring (bicyclic) bond motifs is 1. The summed E-state index contributed by atoms with van der Waals surface area (Å²) in [6, 6.07) is 7.92. The van der Waals surface area contributed by atoms with E-state index < -0.39 is 6.10 Å². The number of aromatic nitrogens is 1. The average molecular weight is 284 g/mol. The van der Waals surface area contributed by atoms with Crippen molar-refractivity contribution >= 4 is 5.69 Å².